The molecule has 1 aromatic carbocycles. The lowest BCUT2D eigenvalue weighted by atomic mass is 10.0. The topological polar surface area (TPSA) is 68.6 Å². The number of benzene rings is 1. The predicted molar refractivity (Wildman–Crippen MR) is 111 cm³/mol. The molecule has 6 heteroatoms. The van der Waals surface area contributed by atoms with Gasteiger partial charge in [0.2, 0.25) is 5.91 Å². The van der Waals surface area contributed by atoms with Gasteiger partial charge in [-0.15, -0.1) is 0 Å². The number of pyridine rings is 1. The molecule has 1 saturated heterocycles. The van der Waals surface area contributed by atoms with Crippen LogP contribution in [0.2, 0.25) is 0 Å². The Kier molecular flexibility index (Phi) is 6.86. The second kappa shape index (κ2) is 9.54. The maximum Gasteiger partial charge on any atom is 0.254 e. The average Bonchev–Trinajstić information content (AvgIpc) is 2.73. The lowest BCUT2D eigenvalue weighted by molar-refractivity contribution is -0.133. The molecule has 2 aromatic rings. The molecule has 3 rings (SSSR count). The Morgan fingerprint density at radius 1 is 1.07 bits per heavy atom. The average molecular weight is 396 g/mol. The van der Waals surface area contributed by atoms with E-state index in [9.17, 15) is 14.4 Å². The quantitative estimate of drug-likeness (QED) is 0.675. The highest BCUT2D eigenvalue weighted by Crippen LogP contribution is 2.19. The molecule has 1 fully saturated rings. The molecule has 0 bridgehead atoms. The standard InChI is InChI=1S/C23H28N2O4/c1-17-15-20(16-23(28)24(17)2)29-19-11-13-25(14-12-19)22(27)10-6-9-21(26)18-7-4-3-5-8-18/h3-5,7-8,15-16,19H,6,9-14H2,1-2H3. The molecule has 154 valence electrons. The number of ketones is 1. The Labute approximate surface area is 171 Å². The number of likely N-dealkylation sites (tertiary alicyclic amines) is 1. The van der Waals surface area contributed by atoms with Crippen LogP contribution in [0.25, 0.3) is 0 Å². The summed E-state index contributed by atoms with van der Waals surface area (Å²) in [5.41, 5.74) is 1.46. The largest absolute Gasteiger partial charge is 0.490 e. The highest BCUT2D eigenvalue weighted by atomic mass is 16.5. The molecule has 29 heavy (non-hydrogen) atoms. The van der Waals surface area contributed by atoms with Crippen LogP contribution in [0.15, 0.2) is 47.3 Å². The van der Waals surface area contributed by atoms with E-state index >= 15 is 0 Å². The fourth-order valence-electron chi connectivity index (χ4n) is 3.55. The Morgan fingerprint density at radius 2 is 1.76 bits per heavy atom. The van der Waals surface area contributed by atoms with Gasteiger partial charge in [0, 0.05) is 63.1 Å². The second-order valence-electron chi connectivity index (χ2n) is 7.57. The zero-order chi connectivity index (χ0) is 20.8. The fraction of sp³-hybridized carbons (Fsp3) is 0.435. The van der Waals surface area contributed by atoms with Crippen molar-refractivity contribution in [2.45, 2.75) is 45.1 Å². The van der Waals surface area contributed by atoms with Crippen molar-refractivity contribution in [1.82, 2.24) is 9.47 Å². The van der Waals surface area contributed by atoms with Crippen molar-refractivity contribution in [1.29, 1.82) is 0 Å². The summed E-state index contributed by atoms with van der Waals surface area (Å²) in [4.78, 5) is 38.3. The second-order valence-corrected chi connectivity index (χ2v) is 7.57. The van der Waals surface area contributed by atoms with E-state index in [1.54, 1.807) is 23.7 Å². The number of hydrogen-bond acceptors (Lipinski definition) is 4. The first-order valence-corrected chi connectivity index (χ1v) is 10.1. The number of nitrogens with zero attached hydrogens (tertiary/aromatic N) is 2. The molecule has 1 aliphatic heterocycles. The molecule has 0 N–H and O–H groups in total. The van der Waals surface area contributed by atoms with Crippen LogP contribution in [0.1, 0.15) is 48.2 Å². The van der Waals surface area contributed by atoms with Gasteiger partial charge in [0.15, 0.2) is 5.78 Å². The first-order chi connectivity index (χ1) is 13.9. The minimum atomic E-state index is -0.0855. The van der Waals surface area contributed by atoms with E-state index in [2.05, 4.69) is 0 Å². The van der Waals surface area contributed by atoms with Crippen LogP contribution in [-0.2, 0) is 11.8 Å². The van der Waals surface area contributed by atoms with Gasteiger partial charge in [-0.3, -0.25) is 14.4 Å². The Balaban J connectivity index is 1.41. The number of ether oxygens (including phenoxy) is 1. The van der Waals surface area contributed by atoms with Gasteiger partial charge in [0.25, 0.3) is 5.56 Å². The maximum absolute atomic E-state index is 12.4. The molecular formula is C23H28N2O4. The maximum atomic E-state index is 12.4. The van der Waals surface area contributed by atoms with Crippen molar-refractivity contribution in [3.8, 4) is 5.75 Å². The summed E-state index contributed by atoms with van der Waals surface area (Å²) in [6.45, 7) is 3.15. The SMILES string of the molecule is Cc1cc(OC2CCN(C(=O)CCCC(=O)c3ccccc3)CC2)cc(=O)n1C. The summed E-state index contributed by atoms with van der Waals surface area (Å²) < 4.78 is 7.55. The van der Waals surface area contributed by atoms with E-state index in [0.29, 0.717) is 43.7 Å². The molecule has 2 heterocycles. The van der Waals surface area contributed by atoms with E-state index in [1.807, 2.05) is 36.1 Å². The summed E-state index contributed by atoms with van der Waals surface area (Å²) in [5.74, 6) is 0.762. The normalized spacial score (nSPS) is 14.6. The molecule has 0 spiro atoms. The van der Waals surface area contributed by atoms with E-state index < -0.39 is 0 Å². The Bertz CT molecular complexity index is 912. The number of hydrogen-bond donors (Lipinski definition) is 0. The van der Waals surface area contributed by atoms with E-state index in [4.69, 9.17) is 4.74 Å². The number of rotatable bonds is 7. The van der Waals surface area contributed by atoms with Crippen LogP contribution in [0, 0.1) is 6.92 Å². The molecule has 0 atom stereocenters. The molecule has 0 saturated carbocycles. The van der Waals surface area contributed by atoms with Crippen LogP contribution in [0.3, 0.4) is 0 Å². The summed E-state index contributed by atoms with van der Waals surface area (Å²) in [6, 6.07) is 12.6. The van der Waals surface area contributed by atoms with Gasteiger partial charge in [0.1, 0.15) is 11.9 Å². The lowest BCUT2D eigenvalue weighted by Gasteiger charge is -2.32. The smallest absolute Gasteiger partial charge is 0.254 e. The lowest BCUT2D eigenvalue weighted by Crippen LogP contribution is -2.41. The van der Waals surface area contributed by atoms with E-state index in [-0.39, 0.29) is 23.4 Å². The van der Waals surface area contributed by atoms with Crippen molar-refractivity contribution >= 4 is 11.7 Å². The summed E-state index contributed by atoms with van der Waals surface area (Å²) in [5, 5.41) is 0. The van der Waals surface area contributed by atoms with Gasteiger partial charge in [-0.1, -0.05) is 30.3 Å². The molecule has 1 aromatic heterocycles. The molecule has 6 nitrogen and oxygen atoms in total. The van der Waals surface area contributed by atoms with Crippen LogP contribution < -0.4 is 10.3 Å². The summed E-state index contributed by atoms with van der Waals surface area (Å²) >= 11 is 0. The number of piperidine rings is 1. The molecule has 1 aliphatic rings. The number of aryl methyl sites for hydroxylation is 1. The van der Waals surface area contributed by atoms with Crippen molar-refractivity contribution < 1.29 is 14.3 Å². The summed E-state index contributed by atoms with van der Waals surface area (Å²) in [7, 11) is 1.74. The van der Waals surface area contributed by atoms with E-state index in [1.165, 1.54) is 6.07 Å². The predicted octanol–water partition coefficient (Wildman–Crippen LogP) is 3.12. The Morgan fingerprint density at radius 3 is 2.41 bits per heavy atom. The zero-order valence-corrected chi connectivity index (χ0v) is 17.1. The highest BCUT2D eigenvalue weighted by Gasteiger charge is 2.24. The van der Waals surface area contributed by atoms with Crippen LogP contribution in [-0.4, -0.2) is 40.4 Å². The third-order valence-electron chi connectivity index (χ3n) is 5.46. The van der Waals surface area contributed by atoms with Crippen molar-refractivity contribution in [3.05, 3.63) is 64.1 Å². The van der Waals surface area contributed by atoms with Gasteiger partial charge < -0.3 is 14.2 Å². The van der Waals surface area contributed by atoms with Gasteiger partial charge in [-0.05, 0) is 19.4 Å². The molecule has 0 unspecified atom stereocenters. The first-order valence-electron chi connectivity index (χ1n) is 10.1. The van der Waals surface area contributed by atoms with Crippen LogP contribution in [0.5, 0.6) is 5.75 Å². The van der Waals surface area contributed by atoms with Gasteiger partial charge >= 0.3 is 0 Å². The number of amides is 1. The Hall–Kier alpha value is -2.89. The zero-order valence-electron chi connectivity index (χ0n) is 17.1. The highest BCUT2D eigenvalue weighted by molar-refractivity contribution is 5.96. The fourth-order valence-corrected chi connectivity index (χ4v) is 3.55. The summed E-state index contributed by atoms with van der Waals surface area (Å²) in [6.07, 6.45) is 2.82. The van der Waals surface area contributed by atoms with Crippen LogP contribution in [0.4, 0.5) is 0 Å². The monoisotopic (exact) mass is 396 g/mol. The number of aromatic nitrogens is 1. The van der Waals surface area contributed by atoms with Crippen molar-refractivity contribution in [2.24, 2.45) is 7.05 Å². The minimum Gasteiger partial charge on any atom is -0.490 e. The van der Waals surface area contributed by atoms with Crippen molar-refractivity contribution in [2.75, 3.05) is 13.1 Å². The molecule has 0 radical (unpaired) electrons. The van der Waals surface area contributed by atoms with Crippen LogP contribution >= 0.6 is 0 Å². The molecular weight excluding hydrogens is 368 g/mol. The van der Waals surface area contributed by atoms with E-state index in [0.717, 1.165) is 18.5 Å². The first kappa shape index (κ1) is 20.8. The molecule has 0 aliphatic carbocycles. The minimum absolute atomic E-state index is 0.00483. The number of carbonyl (C=O) groups excluding carboxylic acids is 2. The van der Waals surface area contributed by atoms with Gasteiger partial charge in [-0.2, -0.15) is 0 Å². The van der Waals surface area contributed by atoms with Crippen molar-refractivity contribution in [3.63, 3.8) is 0 Å². The third kappa shape index (κ3) is 5.56. The third-order valence-corrected chi connectivity index (χ3v) is 5.46. The van der Waals surface area contributed by atoms with Gasteiger partial charge in [-0.25, -0.2) is 0 Å². The number of carbonyl (C=O) groups is 2. The van der Waals surface area contributed by atoms with Gasteiger partial charge in [0.05, 0.1) is 0 Å². The molecule has 1 amide bonds. The number of Topliss-reactive ketones (excluding diaryl/α,β-unsaturated/α-hetero) is 1.